The third-order valence-electron chi connectivity index (χ3n) is 3.87. The van der Waals surface area contributed by atoms with Crippen LogP contribution in [-0.2, 0) is 6.54 Å². The molecule has 0 aromatic heterocycles. The molecule has 2 rings (SSSR count). The first-order valence-corrected chi connectivity index (χ1v) is 8.33. The monoisotopic (exact) mass is 466 g/mol. The Labute approximate surface area is 171 Å². The van der Waals surface area contributed by atoms with Gasteiger partial charge in [-0.1, -0.05) is 24.3 Å². The van der Waals surface area contributed by atoms with E-state index in [0.29, 0.717) is 23.6 Å². The largest absolute Gasteiger partial charge is 0.357 e. The predicted octanol–water partition coefficient (Wildman–Crippen LogP) is 4.44. The second-order valence-corrected chi connectivity index (χ2v) is 5.88. The average Bonchev–Trinajstić information content (AvgIpc) is 2.62. The minimum atomic E-state index is -0.207. The molecular formula is C20H24FIN4. The molecule has 2 N–H and O–H groups in total. The second kappa shape index (κ2) is 10.8. The highest BCUT2D eigenvalue weighted by molar-refractivity contribution is 14.0. The summed E-state index contributed by atoms with van der Waals surface area (Å²) in [7, 11) is 0. The molecule has 0 fully saturated rings. The summed E-state index contributed by atoms with van der Waals surface area (Å²) in [5, 5.41) is 15.4. The zero-order valence-corrected chi connectivity index (χ0v) is 17.5. The van der Waals surface area contributed by atoms with Gasteiger partial charge in [0, 0.05) is 6.54 Å². The smallest absolute Gasteiger partial charge is 0.192 e. The molecule has 6 heteroatoms. The lowest BCUT2D eigenvalue weighted by Gasteiger charge is -2.18. The quantitative estimate of drug-likeness (QED) is 0.389. The van der Waals surface area contributed by atoms with Crippen LogP contribution >= 0.6 is 24.0 Å². The molecule has 4 nitrogen and oxygen atoms in total. The Bertz CT molecular complexity index is 799. The number of nitrogens with one attached hydrogen (secondary N) is 2. The van der Waals surface area contributed by atoms with Gasteiger partial charge in [-0.05, 0) is 55.7 Å². The van der Waals surface area contributed by atoms with Gasteiger partial charge in [0.2, 0.25) is 0 Å². The Morgan fingerprint density at radius 1 is 1.27 bits per heavy atom. The number of aryl methyl sites for hydroxylation is 1. The SMILES string of the molecule is CCNC(=NCc1cccc(C#N)c1)NC(C)c1ccc(C)c(F)c1.I. The molecule has 1 unspecified atom stereocenters. The number of hydrogen-bond donors (Lipinski definition) is 2. The minimum Gasteiger partial charge on any atom is -0.357 e. The van der Waals surface area contributed by atoms with Gasteiger partial charge in [-0.3, -0.25) is 0 Å². The highest BCUT2D eigenvalue weighted by Crippen LogP contribution is 2.16. The molecule has 0 spiro atoms. The summed E-state index contributed by atoms with van der Waals surface area (Å²) >= 11 is 0. The van der Waals surface area contributed by atoms with Crippen molar-refractivity contribution in [1.29, 1.82) is 5.26 Å². The maximum Gasteiger partial charge on any atom is 0.192 e. The summed E-state index contributed by atoms with van der Waals surface area (Å²) in [6, 6.07) is 14.7. The molecule has 0 radical (unpaired) electrons. The normalized spacial score (nSPS) is 11.9. The molecule has 2 aromatic rings. The topological polar surface area (TPSA) is 60.2 Å². The third kappa shape index (κ3) is 6.30. The number of nitriles is 1. The standard InChI is InChI=1S/C20H23FN4.HI/c1-4-23-20(24-13-17-7-5-6-16(10-17)12-22)25-15(3)18-9-8-14(2)19(21)11-18;/h5-11,15H,4,13H2,1-3H3,(H2,23,24,25);1H. The van der Waals surface area contributed by atoms with Gasteiger partial charge in [-0.25, -0.2) is 9.38 Å². The Hall–Kier alpha value is -2.14. The Kier molecular flexibility index (Phi) is 9.07. The van der Waals surface area contributed by atoms with Crippen LogP contribution in [0.4, 0.5) is 4.39 Å². The van der Waals surface area contributed by atoms with Gasteiger partial charge in [-0.15, -0.1) is 24.0 Å². The molecular weight excluding hydrogens is 442 g/mol. The van der Waals surface area contributed by atoms with Crippen LogP contribution in [-0.4, -0.2) is 12.5 Å². The number of benzene rings is 2. The molecule has 0 aliphatic heterocycles. The van der Waals surface area contributed by atoms with Crippen molar-refractivity contribution in [2.45, 2.75) is 33.4 Å². The number of rotatable bonds is 5. The summed E-state index contributed by atoms with van der Waals surface area (Å²) in [5.74, 6) is 0.444. The molecule has 0 bridgehead atoms. The lowest BCUT2D eigenvalue weighted by Crippen LogP contribution is -2.38. The van der Waals surface area contributed by atoms with E-state index in [1.165, 1.54) is 0 Å². The van der Waals surface area contributed by atoms with Crippen molar-refractivity contribution in [2.24, 2.45) is 4.99 Å². The number of guanidine groups is 1. The van der Waals surface area contributed by atoms with E-state index in [0.717, 1.165) is 17.7 Å². The molecule has 138 valence electrons. The highest BCUT2D eigenvalue weighted by Gasteiger charge is 2.09. The zero-order valence-electron chi connectivity index (χ0n) is 15.2. The first-order valence-electron chi connectivity index (χ1n) is 8.33. The van der Waals surface area contributed by atoms with Crippen molar-refractivity contribution in [3.05, 3.63) is 70.5 Å². The van der Waals surface area contributed by atoms with Gasteiger partial charge in [0.1, 0.15) is 5.82 Å². The molecule has 0 aliphatic carbocycles. The lowest BCUT2D eigenvalue weighted by molar-refractivity contribution is 0.607. The highest BCUT2D eigenvalue weighted by atomic mass is 127. The van der Waals surface area contributed by atoms with Crippen LogP contribution in [0.5, 0.6) is 0 Å². The van der Waals surface area contributed by atoms with E-state index in [1.54, 1.807) is 25.1 Å². The van der Waals surface area contributed by atoms with E-state index in [-0.39, 0.29) is 35.8 Å². The average molecular weight is 466 g/mol. The van der Waals surface area contributed by atoms with E-state index >= 15 is 0 Å². The van der Waals surface area contributed by atoms with Gasteiger partial charge < -0.3 is 10.6 Å². The Morgan fingerprint density at radius 3 is 2.69 bits per heavy atom. The predicted molar refractivity (Wildman–Crippen MR) is 114 cm³/mol. The second-order valence-electron chi connectivity index (χ2n) is 5.88. The van der Waals surface area contributed by atoms with E-state index < -0.39 is 0 Å². The van der Waals surface area contributed by atoms with E-state index in [2.05, 4.69) is 21.7 Å². The van der Waals surface area contributed by atoms with Crippen LogP contribution < -0.4 is 10.6 Å². The van der Waals surface area contributed by atoms with Crippen molar-refractivity contribution in [3.63, 3.8) is 0 Å². The summed E-state index contributed by atoms with van der Waals surface area (Å²) in [5.41, 5.74) is 3.08. The molecule has 0 saturated carbocycles. The van der Waals surface area contributed by atoms with Crippen LogP contribution in [0, 0.1) is 24.1 Å². The summed E-state index contributed by atoms with van der Waals surface area (Å²) in [6.45, 7) is 6.88. The van der Waals surface area contributed by atoms with Gasteiger partial charge in [0.05, 0.1) is 24.2 Å². The molecule has 0 amide bonds. The van der Waals surface area contributed by atoms with Crippen molar-refractivity contribution < 1.29 is 4.39 Å². The summed E-state index contributed by atoms with van der Waals surface area (Å²) in [4.78, 5) is 4.56. The number of aliphatic imine (C=N–C) groups is 1. The van der Waals surface area contributed by atoms with Crippen molar-refractivity contribution in [1.82, 2.24) is 10.6 Å². The maximum absolute atomic E-state index is 13.8. The van der Waals surface area contributed by atoms with Crippen LogP contribution in [0.25, 0.3) is 0 Å². The van der Waals surface area contributed by atoms with Crippen molar-refractivity contribution >= 4 is 29.9 Å². The number of nitrogens with zero attached hydrogens (tertiary/aromatic N) is 2. The van der Waals surface area contributed by atoms with Crippen molar-refractivity contribution in [3.8, 4) is 6.07 Å². The fraction of sp³-hybridized carbons (Fsp3) is 0.300. The molecule has 1 atom stereocenters. The summed E-state index contributed by atoms with van der Waals surface area (Å²) in [6.07, 6.45) is 0. The maximum atomic E-state index is 13.8. The fourth-order valence-electron chi connectivity index (χ4n) is 2.40. The molecule has 0 heterocycles. The van der Waals surface area contributed by atoms with Crippen LogP contribution in [0.3, 0.4) is 0 Å². The van der Waals surface area contributed by atoms with Gasteiger partial charge in [0.15, 0.2) is 5.96 Å². The Morgan fingerprint density at radius 2 is 2.04 bits per heavy atom. The number of halogens is 2. The van der Waals surface area contributed by atoms with E-state index in [9.17, 15) is 4.39 Å². The van der Waals surface area contributed by atoms with E-state index in [1.807, 2.05) is 38.1 Å². The zero-order chi connectivity index (χ0) is 18.2. The summed E-state index contributed by atoms with van der Waals surface area (Å²) < 4.78 is 13.8. The molecule has 0 saturated heterocycles. The third-order valence-corrected chi connectivity index (χ3v) is 3.87. The molecule has 0 aliphatic rings. The van der Waals surface area contributed by atoms with Crippen LogP contribution in [0.1, 0.15) is 42.1 Å². The fourth-order valence-corrected chi connectivity index (χ4v) is 2.40. The first-order chi connectivity index (χ1) is 12.0. The molecule has 2 aromatic carbocycles. The first kappa shape index (κ1) is 21.9. The van der Waals surface area contributed by atoms with Gasteiger partial charge >= 0.3 is 0 Å². The van der Waals surface area contributed by atoms with E-state index in [4.69, 9.17) is 5.26 Å². The van der Waals surface area contributed by atoms with Crippen LogP contribution in [0.15, 0.2) is 47.5 Å². The molecule has 26 heavy (non-hydrogen) atoms. The minimum absolute atomic E-state index is 0. The van der Waals surface area contributed by atoms with Crippen LogP contribution in [0.2, 0.25) is 0 Å². The Balaban J connectivity index is 0.00000338. The number of hydrogen-bond acceptors (Lipinski definition) is 2. The van der Waals surface area contributed by atoms with Gasteiger partial charge in [-0.2, -0.15) is 5.26 Å². The van der Waals surface area contributed by atoms with Crippen molar-refractivity contribution in [2.75, 3.05) is 6.54 Å². The lowest BCUT2D eigenvalue weighted by atomic mass is 10.1. The van der Waals surface area contributed by atoms with Gasteiger partial charge in [0.25, 0.3) is 0 Å².